The van der Waals surface area contributed by atoms with E-state index < -0.39 is 0 Å². The molecule has 0 radical (unpaired) electrons. The lowest BCUT2D eigenvalue weighted by atomic mass is 10.1. The molecule has 1 heterocycles. The van der Waals surface area contributed by atoms with Crippen LogP contribution in [0.4, 0.5) is 4.39 Å². The molecule has 2 rings (SSSR count). The Hall–Kier alpha value is -1.94. The molecule has 0 saturated carbocycles. The molecule has 4 heteroatoms. The molecular weight excluding hydrogens is 255 g/mol. The molecular formula is C16H19FN2O. The number of nitrogens with one attached hydrogen (secondary N) is 1. The zero-order valence-corrected chi connectivity index (χ0v) is 11.8. The molecule has 3 nitrogen and oxygen atoms in total. The van der Waals surface area contributed by atoms with Gasteiger partial charge in [0.25, 0.3) is 0 Å². The van der Waals surface area contributed by atoms with Crippen LogP contribution in [-0.4, -0.2) is 12.1 Å². The van der Waals surface area contributed by atoms with Crippen molar-refractivity contribution in [3.8, 4) is 5.75 Å². The second-order valence-corrected chi connectivity index (χ2v) is 4.52. The molecule has 0 aliphatic heterocycles. The number of aryl methyl sites for hydroxylation is 1. The van der Waals surface area contributed by atoms with Crippen LogP contribution in [0.25, 0.3) is 0 Å². The van der Waals surface area contributed by atoms with Crippen LogP contribution in [0.1, 0.15) is 23.7 Å². The first-order chi connectivity index (χ1) is 9.74. The van der Waals surface area contributed by atoms with E-state index in [4.69, 9.17) is 4.74 Å². The fourth-order valence-corrected chi connectivity index (χ4v) is 2.07. The molecule has 20 heavy (non-hydrogen) atoms. The third kappa shape index (κ3) is 3.54. The summed E-state index contributed by atoms with van der Waals surface area (Å²) in [4.78, 5) is 4.35. The summed E-state index contributed by atoms with van der Waals surface area (Å²) in [6.45, 7) is 3.20. The average Bonchev–Trinajstić information content (AvgIpc) is 2.49. The Bertz CT molecular complexity index is 572. The number of hydrogen-bond donors (Lipinski definition) is 1. The van der Waals surface area contributed by atoms with Crippen LogP contribution in [-0.2, 0) is 19.5 Å². The van der Waals surface area contributed by atoms with Crippen molar-refractivity contribution in [1.82, 2.24) is 10.3 Å². The van der Waals surface area contributed by atoms with Crippen LogP contribution in [0.15, 0.2) is 36.5 Å². The highest BCUT2D eigenvalue weighted by Gasteiger charge is 2.05. The molecule has 0 bridgehead atoms. The number of nitrogens with zero attached hydrogens (tertiary/aromatic N) is 1. The Morgan fingerprint density at radius 2 is 2.05 bits per heavy atom. The minimum Gasteiger partial charge on any atom is -0.497 e. The standard InChI is InChI=1S/C16H19FN2O/c1-3-12-5-4-8-19-16(12)11-18-10-13-6-7-14(20-2)9-15(13)17/h4-9,18H,3,10-11H2,1-2H3. The summed E-state index contributed by atoms with van der Waals surface area (Å²) in [6, 6.07) is 8.90. The summed E-state index contributed by atoms with van der Waals surface area (Å²) >= 11 is 0. The molecule has 106 valence electrons. The van der Waals surface area contributed by atoms with Crippen molar-refractivity contribution in [2.75, 3.05) is 7.11 Å². The van der Waals surface area contributed by atoms with Gasteiger partial charge in [0.2, 0.25) is 0 Å². The molecule has 0 aliphatic rings. The second-order valence-electron chi connectivity index (χ2n) is 4.52. The quantitative estimate of drug-likeness (QED) is 0.879. The van der Waals surface area contributed by atoms with E-state index in [0.29, 0.717) is 24.4 Å². The van der Waals surface area contributed by atoms with Crippen LogP contribution < -0.4 is 10.1 Å². The minimum atomic E-state index is -0.256. The molecule has 1 aromatic heterocycles. The lowest BCUT2D eigenvalue weighted by Crippen LogP contribution is -2.16. The van der Waals surface area contributed by atoms with Gasteiger partial charge >= 0.3 is 0 Å². The third-order valence-electron chi connectivity index (χ3n) is 3.23. The van der Waals surface area contributed by atoms with Gasteiger partial charge in [0.15, 0.2) is 0 Å². The van der Waals surface area contributed by atoms with Gasteiger partial charge in [-0.3, -0.25) is 4.98 Å². The van der Waals surface area contributed by atoms with Gasteiger partial charge in [-0.1, -0.05) is 19.1 Å². The summed E-state index contributed by atoms with van der Waals surface area (Å²) in [5.41, 5.74) is 2.86. The number of pyridine rings is 1. The van der Waals surface area contributed by atoms with Gasteiger partial charge < -0.3 is 10.1 Å². The van der Waals surface area contributed by atoms with Crippen LogP contribution in [0.5, 0.6) is 5.75 Å². The average molecular weight is 274 g/mol. The molecule has 0 spiro atoms. The lowest BCUT2D eigenvalue weighted by molar-refractivity contribution is 0.410. The van der Waals surface area contributed by atoms with Gasteiger partial charge in [0, 0.05) is 30.9 Å². The Morgan fingerprint density at radius 1 is 1.20 bits per heavy atom. The van der Waals surface area contributed by atoms with Crippen molar-refractivity contribution in [2.24, 2.45) is 0 Å². The number of halogens is 1. The number of hydrogen-bond acceptors (Lipinski definition) is 3. The number of ether oxygens (including phenoxy) is 1. The van der Waals surface area contributed by atoms with Crippen molar-refractivity contribution in [3.63, 3.8) is 0 Å². The molecule has 2 aromatic rings. The van der Waals surface area contributed by atoms with Crippen LogP contribution in [0, 0.1) is 5.82 Å². The third-order valence-corrected chi connectivity index (χ3v) is 3.23. The molecule has 0 unspecified atom stereocenters. The number of aromatic nitrogens is 1. The fourth-order valence-electron chi connectivity index (χ4n) is 2.07. The highest BCUT2D eigenvalue weighted by molar-refractivity contribution is 5.29. The maximum Gasteiger partial charge on any atom is 0.131 e. The molecule has 1 aromatic carbocycles. The van der Waals surface area contributed by atoms with E-state index in [0.717, 1.165) is 12.1 Å². The predicted molar refractivity (Wildman–Crippen MR) is 77.1 cm³/mol. The summed E-state index contributed by atoms with van der Waals surface area (Å²) in [7, 11) is 1.53. The Balaban J connectivity index is 1.96. The SMILES string of the molecule is CCc1cccnc1CNCc1ccc(OC)cc1F. The van der Waals surface area contributed by atoms with E-state index in [9.17, 15) is 4.39 Å². The van der Waals surface area contributed by atoms with Gasteiger partial charge in [-0.2, -0.15) is 0 Å². The van der Waals surface area contributed by atoms with Crippen molar-refractivity contribution in [3.05, 3.63) is 59.2 Å². The maximum absolute atomic E-state index is 13.8. The smallest absolute Gasteiger partial charge is 0.131 e. The molecule has 0 atom stereocenters. The van der Waals surface area contributed by atoms with Crippen LogP contribution >= 0.6 is 0 Å². The van der Waals surface area contributed by atoms with Gasteiger partial charge in [0.1, 0.15) is 11.6 Å². The topological polar surface area (TPSA) is 34.2 Å². The van der Waals surface area contributed by atoms with Crippen LogP contribution in [0.2, 0.25) is 0 Å². The van der Waals surface area contributed by atoms with Crippen molar-refractivity contribution < 1.29 is 9.13 Å². The Labute approximate surface area is 118 Å². The van der Waals surface area contributed by atoms with Crippen molar-refractivity contribution in [1.29, 1.82) is 0 Å². The van der Waals surface area contributed by atoms with Gasteiger partial charge in [0.05, 0.1) is 12.8 Å². The highest BCUT2D eigenvalue weighted by Crippen LogP contribution is 2.16. The second kappa shape index (κ2) is 7.01. The fraction of sp³-hybridized carbons (Fsp3) is 0.312. The van der Waals surface area contributed by atoms with E-state index in [1.807, 2.05) is 6.07 Å². The highest BCUT2D eigenvalue weighted by atomic mass is 19.1. The summed E-state index contributed by atoms with van der Waals surface area (Å²) in [6.07, 6.45) is 2.73. The van der Waals surface area contributed by atoms with Crippen molar-refractivity contribution in [2.45, 2.75) is 26.4 Å². The summed E-state index contributed by atoms with van der Waals surface area (Å²) in [5.74, 6) is 0.276. The van der Waals surface area contributed by atoms with E-state index >= 15 is 0 Å². The maximum atomic E-state index is 13.8. The Kier molecular flexibility index (Phi) is 5.07. The monoisotopic (exact) mass is 274 g/mol. The molecule has 1 N–H and O–H groups in total. The molecule has 0 aliphatic carbocycles. The lowest BCUT2D eigenvalue weighted by Gasteiger charge is -2.09. The zero-order chi connectivity index (χ0) is 14.4. The number of benzene rings is 1. The summed E-state index contributed by atoms with van der Waals surface area (Å²) in [5, 5.41) is 3.23. The summed E-state index contributed by atoms with van der Waals surface area (Å²) < 4.78 is 18.8. The first kappa shape index (κ1) is 14.5. The normalized spacial score (nSPS) is 10.6. The first-order valence-electron chi connectivity index (χ1n) is 6.70. The largest absolute Gasteiger partial charge is 0.497 e. The van der Waals surface area contributed by atoms with Gasteiger partial charge in [-0.25, -0.2) is 4.39 Å². The predicted octanol–water partition coefficient (Wildman–Crippen LogP) is 3.08. The van der Waals surface area contributed by atoms with Gasteiger partial charge in [-0.15, -0.1) is 0 Å². The molecule has 0 amide bonds. The number of methoxy groups -OCH3 is 1. The van der Waals surface area contributed by atoms with Gasteiger partial charge in [-0.05, 0) is 24.1 Å². The zero-order valence-electron chi connectivity index (χ0n) is 11.8. The Morgan fingerprint density at radius 3 is 2.75 bits per heavy atom. The molecule has 0 saturated heterocycles. The van der Waals surface area contributed by atoms with E-state index in [1.54, 1.807) is 18.3 Å². The van der Waals surface area contributed by atoms with Crippen LogP contribution in [0.3, 0.4) is 0 Å². The van der Waals surface area contributed by atoms with Crippen molar-refractivity contribution >= 4 is 0 Å². The van der Waals surface area contributed by atoms with E-state index in [2.05, 4.69) is 23.3 Å². The number of rotatable bonds is 6. The molecule has 0 fully saturated rings. The van der Waals surface area contributed by atoms with E-state index in [-0.39, 0.29) is 5.82 Å². The minimum absolute atomic E-state index is 0.256. The first-order valence-corrected chi connectivity index (χ1v) is 6.70. The van der Waals surface area contributed by atoms with E-state index in [1.165, 1.54) is 18.7 Å².